The lowest BCUT2D eigenvalue weighted by atomic mass is 9.85. The predicted molar refractivity (Wildman–Crippen MR) is 120 cm³/mol. The summed E-state index contributed by atoms with van der Waals surface area (Å²) in [5.74, 6) is -0.420. The van der Waals surface area contributed by atoms with Gasteiger partial charge < -0.3 is 14.0 Å². The standard InChI is InChI=1S/C25H25N3O5/c1-14-10-18(12-26-28-24(30)22-16-4-5-17(11-16)23(22)25(28)31)15(2)27(14)19-6-8-20(9-7-19)33-13-21(29)32-3/h4-10,12,16-17,22-23H,11,13H2,1-3H3. The third kappa shape index (κ3) is 3.46. The van der Waals surface area contributed by atoms with Gasteiger partial charge in [-0.15, -0.1) is 0 Å². The fourth-order valence-electron chi connectivity index (χ4n) is 5.33. The van der Waals surface area contributed by atoms with Gasteiger partial charge in [0, 0.05) is 22.6 Å². The van der Waals surface area contributed by atoms with Crippen molar-refractivity contribution in [2.24, 2.45) is 28.8 Å². The van der Waals surface area contributed by atoms with Gasteiger partial charge in [-0.05, 0) is 62.4 Å². The quantitative estimate of drug-likeness (QED) is 0.294. The van der Waals surface area contributed by atoms with E-state index in [-0.39, 0.29) is 42.1 Å². The number of carbonyl (C=O) groups is 3. The molecule has 1 aliphatic heterocycles. The fourth-order valence-corrected chi connectivity index (χ4v) is 5.33. The minimum Gasteiger partial charge on any atom is -0.482 e. The zero-order valence-corrected chi connectivity index (χ0v) is 18.7. The van der Waals surface area contributed by atoms with Gasteiger partial charge in [-0.3, -0.25) is 9.59 Å². The summed E-state index contributed by atoms with van der Waals surface area (Å²) in [5, 5.41) is 5.38. The number of aryl methyl sites for hydroxylation is 1. The van der Waals surface area contributed by atoms with Gasteiger partial charge in [0.25, 0.3) is 11.8 Å². The molecule has 33 heavy (non-hydrogen) atoms. The number of hydrazone groups is 1. The van der Waals surface area contributed by atoms with Crippen molar-refractivity contribution >= 4 is 24.0 Å². The highest BCUT2D eigenvalue weighted by Crippen LogP contribution is 2.52. The van der Waals surface area contributed by atoms with E-state index in [2.05, 4.69) is 26.6 Å². The van der Waals surface area contributed by atoms with E-state index in [0.717, 1.165) is 34.1 Å². The van der Waals surface area contributed by atoms with Crippen LogP contribution in [0.3, 0.4) is 0 Å². The van der Waals surface area contributed by atoms with Gasteiger partial charge in [0.2, 0.25) is 0 Å². The molecule has 4 unspecified atom stereocenters. The van der Waals surface area contributed by atoms with Crippen molar-refractivity contribution < 1.29 is 23.9 Å². The van der Waals surface area contributed by atoms with Crippen LogP contribution in [-0.4, -0.2) is 47.3 Å². The molecule has 5 rings (SSSR count). The molecule has 4 atom stereocenters. The summed E-state index contributed by atoms with van der Waals surface area (Å²) >= 11 is 0. The molecule has 3 aliphatic rings. The van der Waals surface area contributed by atoms with Crippen molar-refractivity contribution in [3.63, 3.8) is 0 Å². The van der Waals surface area contributed by atoms with E-state index in [1.165, 1.54) is 7.11 Å². The Morgan fingerprint density at radius 3 is 2.33 bits per heavy atom. The molecular weight excluding hydrogens is 422 g/mol. The first-order valence-electron chi connectivity index (χ1n) is 11.0. The molecule has 1 saturated carbocycles. The number of aromatic nitrogens is 1. The molecule has 1 aromatic heterocycles. The van der Waals surface area contributed by atoms with E-state index < -0.39 is 5.97 Å². The van der Waals surface area contributed by atoms with Gasteiger partial charge in [0.15, 0.2) is 6.61 Å². The second-order valence-electron chi connectivity index (χ2n) is 8.75. The number of fused-ring (bicyclic) bond motifs is 5. The summed E-state index contributed by atoms with van der Waals surface area (Å²) in [5.41, 5.74) is 3.66. The minimum absolute atomic E-state index is 0.148. The van der Waals surface area contributed by atoms with Crippen LogP contribution in [-0.2, 0) is 19.1 Å². The van der Waals surface area contributed by atoms with Gasteiger partial charge >= 0.3 is 5.97 Å². The third-order valence-corrected chi connectivity index (χ3v) is 6.91. The molecule has 8 heteroatoms. The Labute approximate surface area is 191 Å². The molecule has 0 radical (unpaired) electrons. The van der Waals surface area contributed by atoms with Crippen molar-refractivity contribution in [3.05, 3.63) is 59.4 Å². The molecule has 2 heterocycles. The number of imide groups is 1. The molecule has 0 N–H and O–H groups in total. The second kappa shape index (κ2) is 8.03. The van der Waals surface area contributed by atoms with E-state index in [9.17, 15) is 14.4 Å². The Balaban J connectivity index is 1.33. The molecule has 170 valence electrons. The maximum atomic E-state index is 12.8. The Morgan fingerprint density at radius 2 is 1.73 bits per heavy atom. The number of nitrogens with zero attached hydrogens (tertiary/aromatic N) is 3. The Morgan fingerprint density at radius 1 is 1.09 bits per heavy atom. The van der Waals surface area contributed by atoms with E-state index in [4.69, 9.17) is 4.74 Å². The molecule has 2 aromatic rings. The first-order chi connectivity index (χ1) is 15.9. The number of hydrogen-bond acceptors (Lipinski definition) is 6. The van der Waals surface area contributed by atoms with Crippen LogP contribution in [0.1, 0.15) is 23.4 Å². The summed E-state index contributed by atoms with van der Waals surface area (Å²) in [6, 6.07) is 9.33. The van der Waals surface area contributed by atoms with Crippen LogP contribution in [0.4, 0.5) is 0 Å². The number of methoxy groups -OCH3 is 1. The number of esters is 1. The molecule has 2 aliphatic carbocycles. The maximum Gasteiger partial charge on any atom is 0.343 e. The van der Waals surface area contributed by atoms with Crippen LogP contribution >= 0.6 is 0 Å². The summed E-state index contributed by atoms with van der Waals surface area (Å²) in [7, 11) is 1.31. The second-order valence-corrected chi connectivity index (χ2v) is 8.75. The normalized spacial score (nSPS) is 25.4. The highest BCUT2D eigenvalue weighted by molar-refractivity contribution is 6.06. The first-order valence-corrected chi connectivity index (χ1v) is 11.0. The van der Waals surface area contributed by atoms with E-state index in [0.29, 0.717) is 5.75 Å². The lowest BCUT2D eigenvalue weighted by molar-refractivity contribution is -0.143. The molecule has 1 aromatic carbocycles. The van der Waals surface area contributed by atoms with Crippen molar-refractivity contribution in [2.75, 3.05) is 13.7 Å². The van der Waals surface area contributed by atoms with Crippen LogP contribution in [0.25, 0.3) is 5.69 Å². The van der Waals surface area contributed by atoms with E-state index >= 15 is 0 Å². The lowest BCUT2D eigenvalue weighted by Crippen LogP contribution is -2.28. The minimum atomic E-state index is -0.442. The molecule has 2 fully saturated rings. The van der Waals surface area contributed by atoms with Crippen LogP contribution in [0, 0.1) is 37.5 Å². The van der Waals surface area contributed by atoms with E-state index in [1.807, 2.05) is 32.0 Å². The number of benzene rings is 1. The Bertz CT molecular complexity index is 1160. The topological polar surface area (TPSA) is 90.2 Å². The summed E-state index contributed by atoms with van der Waals surface area (Å²) in [6.07, 6.45) is 6.64. The molecule has 0 spiro atoms. The maximum absolute atomic E-state index is 12.8. The highest BCUT2D eigenvalue weighted by Gasteiger charge is 2.59. The highest BCUT2D eigenvalue weighted by atomic mass is 16.6. The van der Waals surface area contributed by atoms with Gasteiger partial charge in [-0.2, -0.15) is 10.1 Å². The van der Waals surface area contributed by atoms with Crippen LogP contribution in [0.5, 0.6) is 5.75 Å². The van der Waals surface area contributed by atoms with Gasteiger partial charge in [-0.1, -0.05) is 12.2 Å². The van der Waals surface area contributed by atoms with Crippen molar-refractivity contribution in [3.8, 4) is 11.4 Å². The monoisotopic (exact) mass is 447 g/mol. The van der Waals surface area contributed by atoms with Gasteiger partial charge in [0.1, 0.15) is 5.75 Å². The smallest absolute Gasteiger partial charge is 0.343 e. The number of amides is 2. The Hall–Kier alpha value is -3.68. The average Bonchev–Trinajstić information content (AvgIpc) is 3.55. The van der Waals surface area contributed by atoms with E-state index in [1.54, 1.807) is 18.3 Å². The molecule has 1 saturated heterocycles. The zero-order chi connectivity index (χ0) is 23.3. The number of hydrogen-bond donors (Lipinski definition) is 0. The lowest BCUT2D eigenvalue weighted by Gasteiger charge is -2.13. The van der Waals surface area contributed by atoms with Gasteiger partial charge in [-0.25, -0.2) is 4.79 Å². The van der Waals surface area contributed by atoms with Crippen molar-refractivity contribution in [2.45, 2.75) is 20.3 Å². The van der Waals surface area contributed by atoms with Crippen LogP contribution in [0.15, 0.2) is 47.6 Å². The third-order valence-electron chi connectivity index (χ3n) is 6.91. The summed E-state index contributed by atoms with van der Waals surface area (Å²) < 4.78 is 12.0. The van der Waals surface area contributed by atoms with Gasteiger partial charge in [0.05, 0.1) is 25.2 Å². The first kappa shape index (κ1) is 21.2. The van der Waals surface area contributed by atoms with Crippen molar-refractivity contribution in [1.29, 1.82) is 0 Å². The molecule has 2 bridgehead atoms. The average molecular weight is 447 g/mol. The number of carbonyl (C=O) groups excluding carboxylic acids is 3. The summed E-state index contributed by atoms with van der Waals surface area (Å²) in [6.45, 7) is 3.79. The SMILES string of the molecule is COC(=O)COc1ccc(-n2c(C)cc(C=NN3C(=O)C4C5C=CC(C5)C4C3=O)c2C)cc1. The predicted octanol–water partition coefficient (Wildman–Crippen LogP) is 2.79. The Kier molecular flexibility index (Phi) is 5.15. The number of allylic oxidation sites excluding steroid dienone is 2. The zero-order valence-electron chi connectivity index (χ0n) is 18.7. The van der Waals surface area contributed by atoms with Crippen LogP contribution < -0.4 is 4.74 Å². The fraction of sp³-hybridized carbons (Fsp3) is 0.360. The number of rotatable bonds is 6. The molecule has 8 nitrogen and oxygen atoms in total. The molecule has 2 amide bonds. The molecular formula is C25H25N3O5. The van der Waals surface area contributed by atoms with Crippen molar-refractivity contribution in [1.82, 2.24) is 9.58 Å². The largest absolute Gasteiger partial charge is 0.482 e. The summed E-state index contributed by atoms with van der Waals surface area (Å²) in [4.78, 5) is 36.9. The number of ether oxygens (including phenoxy) is 2. The van der Waals surface area contributed by atoms with Crippen LogP contribution in [0.2, 0.25) is 0 Å².